The van der Waals surface area contributed by atoms with Crippen molar-refractivity contribution in [3.63, 3.8) is 0 Å². The minimum atomic E-state index is -0.727. The molecule has 0 unspecified atom stereocenters. The highest BCUT2D eigenvalue weighted by atomic mass is 16.6. The molecule has 2 fully saturated rings. The van der Waals surface area contributed by atoms with Crippen molar-refractivity contribution in [3.8, 4) is 0 Å². The van der Waals surface area contributed by atoms with Gasteiger partial charge >= 0.3 is 12.2 Å². The molecule has 2 amide bonds. The number of nitrogens with zero attached hydrogens (tertiary/aromatic N) is 2. The lowest BCUT2D eigenvalue weighted by molar-refractivity contribution is 0.00835. The first kappa shape index (κ1) is 23.3. The zero-order valence-corrected chi connectivity index (χ0v) is 19.5. The van der Waals surface area contributed by atoms with Crippen LogP contribution in [0.5, 0.6) is 0 Å². The fourth-order valence-corrected chi connectivity index (χ4v) is 3.73. The normalized spacial score (nSPS) is 18.8. The summed E-state index contributed by atoms with van der Waals surface area (Å²) in [5.41, 5.74) is 2.88. The fourth-order valence-electron chi connectivity index (χ4n) is 3.73. The van der Waals surface area contributed by atoms with E-state index in [1.807, 2.05) is 24.3 Å². The number of hydrogen-bond acceptors (Lipinski definition) is 6. The number of hydrogen-bond donors (Lipinski definition) is 1. The zero-order chi connectivity index (χ0) is 22.9. The number of rotatable bonds is 3. The monoisotopic (exact) mass is 433 g/mol. The van der Waals surface area contributed by atoms with E-state index in [-0.39, 0.29) is 5.54 Å². The van der Waals surface area contributed by atoms with Gasteiger partial charge in [0.2, 0.25) is 0 Å². The summed E-state index contributed by atoms with van der Waals surface area (Å²) < 4.78 is 16.3. The molecule has 172 valence electrons. The molecule has 0 spiro atoms. The van der Waals surface area contributed by atoms with E-state index in [0.29, 0.717) is 5.69 Å². The van der Waals surface area contributed by atoms with Crippen molar-refractivity contribution in [2.75, 3.05) is 31.3 Å². The van der Waals surface area contributed by atoms with Crippen molar-refractivity contribution in [1.29, 1.82) is 0 Å². The first-order valence-electron chi connectivity index (χ1n) is 10.9. The minimum Gasteiger partial charge on any atom is -0.443 e. The first-order valence-corrected chi connectivity index (χ1v) is 10.9. The van der Waals surface area contributed by atoms with Gasteiger partial charge in [-0.05, 0) is 72.1 Å². The van der Waals surface area contributed by atoms with Gasteiger partial charge in [-0.1, -0.05) is 12.1 Å². The summed E-state index contributed by atoms with van der Waals surface area (Å²) in [7, 11) is 0. The van der Waals surface area contributed by atoms with Gasteiger partial charge in [0, 0.05) is 18.6 Å². The molecule has 0 radical (unpaired) electrons. The van der Waals surface area contributed by atoms with Gasteiger partial charge in [0.05, 0.1) is 18.9 Å². The molecule has 1 N–H and O–H groups in total. The van der Waals surface area contributed by atoms with E-state index in [4.69, 9.17) is 14.2 Å². The van der Waals surface area contributed by atoms with Gasteiger partial charge in [0.1, 0.15) is 11.2 Å². The third kappa shape index (κ3) is 6.11. The van der Waals surface area contributed by atoms with Crippen molar-refractivity contribution in [2.45, 2.75) is 71.1 Å². The Kier molecular flexibility index (Phi) is 6.53. The Labute approximate surface area is 184 Å². The molecule has 31 heavy (non-hydrogen) atoms. The standard InChI is InChI=1S/C23H35N3O5/c1-21(2,3)30-19(27)24-26(20(28)31-22(4,5)6)18-9-7-17(8-10-18)23(11-12-23)25-13-15-29-16-14-25/h7-10H,11-16H2,1-6H3,(H,24,27). The number of hydrazine groups is 1. The van der Waals surface area contributed by atoms with Gasteiger partial charge < -0.3 is 14.2 Å². The Bertz CT molecular complexity index is 785. The molecule has 3 rings (SSSR count). The van der Waals surface area contributed by atoms with E-state index in [1.54, 1.807) is 41.5 Å². The van der Waals surface area contributed by atoms with Gasteiger partial charge in [0.25, 0.3) is 0 Å². The van der Waals surface area contributed by atoms with E-state index in [0.717, 1.165) is 44.2 Å². The van der Waals surface area contributed by atoms with E-state index >= 15 is 0 Å². The highest BCUT2D eigenvalue weighted by Crippen LogP contribution is 2.51. The number of carbonyl (C=O) groups is 2. The number of anilines is 1. The number of nitrogens with one attached hydrogen (secondary N) is 1. The van der Waals surface area contributed by atoms with Crippen LogP contribution >= 0.6 is 0 Å². The fraction of sp³-hybridized carbons (Fsp3) is 0.652. The van der Waals surface area contributed by atoms with Gasteiger partial charge in [-0.15, -0.1) is 0 Å². The maximum Gasteiger partial charge on any atom is 0.434 e. The highest BCUT2D eigenvalue weighted by Gasteiger charge is 2.49. The number of benzene rings is 1. The second-order valence-electron chi connectivity index (χ2n) is 10.1. The van der Waals surface area contributed by atoms with Crippen LogP contribution in [-0.4, -0.2) is 54.6 Å². The molecule has 1 saturated carbocycles. The van der Waals surface area contributed by atoms with Gasteiger partial charge in [0.15, 0.2) is 0 Å². The SMILES string of the molecule is CC(C)(C)OC(=O)NN(C(=O)OC(C)(C)C)c1ccc(C2(N3CCOCC3)CC2)cc1. The maximum atomic E-state index is 12.8. The van der Waals surface area contributed by atoms with Crippen LogP contribution in [0.1, 0.15) is 59.9 Å². The van der Waals surface area contributed by atoms with Crippen LogP contribution in [0.3, 0.4) is 0 Å². The molecule has 0 aromatic heterocycles. The predicted molar refractivity (Wildman–Crippen MR) is 118 cm³/mol. The van der Waals surface area contributed by atoms with Crippen LogP contribution in [0.25, 0.3) is 0 Å². The molecular formula is C23H35N3O5. The third-order valence-corrected chi connectivity index (χ3v) is 5.18. The second-order valence-corrected chi connectivity index (χ2v) is 10.1. The first-order chi connectivity index (χ1) is 14.4. The van der Waals surface area contributed by atoms with Crippen LogP contribution in [0.2, 0.25) is 0 Å². The lowest BCUT2D eigenvalue weighted by Gasteiger charge is -2.35. The quantitative estimate of drug-likeness (QED) is 0.720. The lowest BCUT2D eigenvalue weighted by Crippen LogP contribution is -2.50. The molecular weight excluding hydrogens is 398 g/mol. The lowest BCUT2D eigenvalue weighted by atomic mass is 10.0. The Balaban J connectivity index is 1.80. The van der Waals surface area contributed by atoms with Crippen LogP contribution in [0.4, 0.5) is 15.3 Å². The van der Waals surface area contributed by atoms with E-state index < -0.39 is 23.4 Å². The topological polar surface area (TPSA) is 80.3 Å². The Morgan fingerprint density at radius 2 is 1.52 bits per heavy atom. The summed E-state index contributed by atoms with van der Waals surface area (Å²) in [6, 6.07) is 7.70. The average Bonchev–Trinajstić information content (AvgIpc) is 3.46. The highest BCUT2D eigenvalue weighted by molar-refractivity contribution is 5.90. The van der Waals surface area contributed by atoms with Crippen molar-refractivity contribution in [2.24, 2.45) is 0 Å². The molecule has 2 aliphatic rings. The number of amides is 2. The summed E-state index contributed by atoms with van der Waals surface area (Å²) in [4.78, 5) is 27.6. The van der Waals surface area contributed by atoms with E-state index in [2.05, 4.69) is 10.3 Å². The number of morpholine rings is 1. The molecule has 1 aliphatic carbocycles. The zero-order valence-electron chi connectivity index (χ0n) is 19.5. The molecule has 1 aromatic carbocycles. The average molecular weight is 434 g/mol. The molecule has 8 nitrogen and oxygen atoms in total. The number of carbonyl (C=O) groups excluding carboxylic acids is 2. The van der Waals surface area contributed by atoms with Crippen molar-refractivity contribution >= 4 is 17.9 Å². The predicted octanol–water partition coefficient (Wildman–Crippen LogP) is 4.19. The van der Waals surface area contributed by atoms with Crippen molar-refractivity contribution in [3.05, 3.63) is 29.8 Å². The molecule has 1 heterocycles. The second kappa shape index (κ2) is 8.67. The van der Waals surface area contributed by atoms with Crippen LogP contribution in [0, 0.1) is 0 Å². The van der Waals surface area contributed by atoms with Gasteiger partial charge in [-0.3, -0.25) is 4.90 Å². The molecule has 8 heteroatoms. The largest absolute Gasteiger partial charge is 0.443 e. The minimum absolute atomic E-state index is 0.0532. The molecule has 0 bridgehead atoms. The van der Waals surface area contributed by atoms with Gasteiger partial charge in [-0.2, -0.15) is 5.01 Å². The van der Waals surface area contributed by atoms with E-state index in [9.17, 15) is 9.59 Å². The molecule has 1 aliphatic heterocycles. The van der Waals surface area contributed by atoms with Crippen molar-refractivity contribution < 1.29 is 23.8 Å². The summed E-state index contributed by atoms with van der Waals surface area (Å²) in [5.74, 6) is 0. The van der Waals surface area contributed by atoms with E-state index in [1.165, 1.54) is 5.56 Å². The summed E-state index contributed by atoms with van der Waals surface area (Å²) in [6.45, 7) is 14.0. The van der Waals surface area contributed by atoms with Crippen LogP contribution < -0.4 is 10.4 Å². The maximum absolute atomic E-state index is 12.8. The molecule has 1 aromatic rings. The van der Waals surface area contributed by atoms with Gasteiger partial charge in [-0.25, -0.2) is 15.0 Å². The van der Waals surface area contributed by atoms with Crippen LogP contribution in [-0.2, 0) is 19.7 Å². The smallest absolute Gasteiger partial charge is 0.434 e. The number of ether oxygens (including phenoxy) is 3. The summed E-state index contributed by atoms with van der Waals surface area (Å²) in [5, 5.41) is 1.09. The third-order valence-electron chi connectivity index (χ3n) is 5.18. The van der Waals surface area contributed by atoms with Crippen molar-refractivity contribution in [1.82, 2.24) is 10.3 Å². The summed E-state index contributed by atoms with van der Waals surface area (Å²) in [6.07, 6.45) is 0.811. The summed E-state index contributed by atoms with van der Waals surface area (Å²) >= 11 is 0. The Morgan fingerprint density at radius 3 is 2.00 bits per heavy atom. The molecule has 1 saturated heterocycles. The van der Waals surface area contributed by atoms with Crippen LogP contribution in [0.15, 0.2) is 24.3 Å². The molecule has 0 atom stereocenters. The Morgan fingerprint density at radius 1 is 0.968 bits per heavy atom. The Hall–Kier alpha value is -2.32.